The van der Waals surface area contributed by atoms with Gasteiger partial charge in [0.15, 0.2) is 5.82 Å². The Morgan fingerprint density at radius 3 is 2.48 bits per heavy atom. The summed E-state index contributed by atoms with van der Waals surface area (Å²) in [5.41, 5.74) is 4.39. The highest BCUT2D eigenvalue weighted by Gasteiger charge is 2.30. The van der Waals surface area contributed by atoms with Crippen LogP contribution >= 0.6 is 11.6 Å². The number of aryl methyl sites for hydroxylation is 2. The van der Waals surface area contributed by atoms with Gasteiger partial charge in [0.1, 0.15) is 11.9 Å². The molecule has 3 aromatic rings. The Kier molecular flexibility index (Phi) is 5.69. The van der Waals surface area contributed by atoms with Crippen molar-refractivity contribution in [1.82, 2.24) is 19.1 Å². The van der Waals surface area contributed by atoms with E-state index in [2.05, 4.69) is 10.2 Å². The van der Waals surface area contributed by atoms with Gasteiger partial charge >= 0.3 is 10.3 Å². The van der Waals surface area contributed by atoms with Gasteiger partial charge in [-0.2, -0.15) is 12.7 Å². The monoisotopic (exact) mass is 459 g/mol. The molecule has 0 spiro atoms. The van der Waals surface area contributed by atoms with E-state index in [-0.39, 0.29) is 6.61 Å². The van der Waals surface area contributed by atoms with Crippen LogP contribution in [-0.2, 0) is 14.5 Å². The minimum Gasteiger partial charge on any atom is -0.281 e. The summed E-state index contributed by atoms with van der Waals surface area (Å²) in [5, 5.41) is 9.13. The first-order valence-electron chi connectivity index (χ1n) is 9.61. The van der Waals surface area contributed by atoms with E-state index in [0.717, 1.165) is 26.7 Å². The van der Waals surface area contributed by atoms with Crippen molar-refractivity contribution in [3.05, 3.63) is 75.8 Å². The highest BCUT2D eigenvalue weighted by Crippen LogP contribution is 2.32. The number of fused-ring (bicyclic) bond motifs is 3. The molecular weight excluding hydrogens is 438 g/mol. The number of hydrogen-bond acceptors (Lipinski definition) is 6. The zero-order valence-electron chi connectivity index (χ0n) is 17.6. The van der Waals surface area contributed by atoms with Gasteiger partial charge in [-0.25, -0.2) is 0 Å². The lowest BCUT2D eigenvalue weighted by atomic mass is 9.98. The van der Waals surface area contributed by atoms with E-state index in [0.29, 0.717) is 22.4 Å². The summed E-state index contributed by atoms with van der Waals surface area (Å²) in [4.78, 5) is 4.92. The van der Waals surface area contributed by atoms with Gasteiger partial charge in [-0.05, 0) is 38.1 Å². The highest BCUT2D eigenvalue weighted by molar-refractivity contribution is 7.84. The third-order valence-corrected chi connectivity index (χ3v) is 6.60. The molecular formula is C21H22ClN5O3S. The van der Waals surface area contributed by atoms with Gasteiger partial charge in [0.2, 0.25) is 0 Å². The first-order valence-corrected chi connectivity index (χ1v) is 11.4. The Hall–Kier alpha value is -2.59. The SMILES string of the molecule is Cc1ccc2c(c1)C(c1ccc(Cl)cc1)=N[C@@H](COS(=O)(=O)N(C)C)c1nnc(C)n1-2. The lowest BCUT2D eigenvalue weighted by molar-refractivity contribution is 0.265. The fraction of sp³-hybridized carbons (Fsp3) is 0.286. The Morgan fingerprint density at radius 1 is 1.10 bits per heavy atom. The van der Waals surface area contributed by atoms with Crippen LogP contribution in [0, 0.1) is 13.8 Å². The lowest BCUT2D eigenvalue weighted by Gasteiger charge is -2.15. The average Bonchev–Trinajstić information content (AvgIpc) is 3.03. The quantitative estimate of drug-likeness (QED) is 0.584. The number of nitrogens with zero attached hydrogens (tertiary/aromatic N) is 5. The summed E-state index contributed by atoms with van der Waals surface area (Å²) in [6.07, 6.45) is 0. The molecule has 8 nitrogen and oxygen atoms in total. The second kappa shape index (κ2) is 8.16. The summed E-state index contributed by atoms with van der Waals surface area (Å²) in [5.74, 6) is 1.19. The molecule has 1 atom stereocenters. The molecule has 10 heteroatoms. The Morgan fingerprint density at radius 2 is 1.81 bits per heavy atom. The van der Waals surface area contributed by atoms with Crippen molar-refractivity contribution in [1.29, 1.82) is 0 Å². The van der Waals surface area contributed by atoms with Crippen LogP contribution in [-0.4, -0.2) is 53.9 Å². The van der Waals surface area contributed by atoms with Gasteiger partial charge in [-0.3, -0.25) is 13.7 Å². The van der Waals surface area contributed by atoms with Crippen LogP contribution in [0.25, 0.3) is 5.69 Å². The molecule has 0 saturated heterocycles. The van der Waals surface area contributed by atoms with Gasteiger partial charge in [-0.15, -0.1) is 10.2 Å². The maximum Gasteiger partial charge on any atom is 0.337 e. The van der Waals surface area contributed by atoms with Crippen LogP contribution in [0.3, 0.4) is 0 Å². The average molecular weight is 460 g/mol. The molecule has 2 heterocycles. The molecule has 0 bridgehead atoms. The second-order valence-corrected chi connectivity index (χ2v) is 9.74. The van der Waals surface area contributed by atoms with Crippen molar-refractivity contribution in [3.8, 4) is 5.69 Å². The second-order valence-electron chi connectivity index (χ2n) is 7.49. The first kappa shape index (κ1) is 21.6. The van der Waals surface area contributed by atoms with Crippen LogP contribution in [0.5, 0.6) is 0 Å². The van der Waals surface area contributed by atoms with Crippen LogP contribution in [0.4, 0.5) is 0 Å². The number of aliphatic imine (C=N–C) groups is 1. The van der Waals surface area contributed by atoms with Gasteiger partial charge < -0.3 is 0 Å². The fourth-order valence-electron chi connectivity index (χ4n) is 3.42. The minimum atomic E-state index is -3.88. The molecule has 162 valence electrons. The van der Waals surface area contributed by atoms with Crippen LogP contribution in [0.1, 0.15) is 34.4 Å². The van der Waals surface area contributed by atoms with E-state index >= 15 is 0 Å². The van der Waals surface area contributed by atoms with E-state index < -0.39 is 16.3 Å². The molecule has 31 heavy (non-hydrogen) atoms. The largest absolute Gasteiger partial charge is 0.337 e. The smallest absolute Gasteiger partial charge is 0.281 e. The maximum atomic E-state index is 12.2. The summed E-state index contributed by atoms with van der Waals surface area (Å²) < 4.78 is 32.6. The maximum absolute atomic E-state index is 12.2. The topological polar surface area (TPSA) is 89.7 Å². The van der Waals surface area contributed by atoms with Crippen molar-refractivity contribution in [2.75, 3.05) is 20.7 Å². The molecule has 0 radical (unpaired) electrons. The van der Waals surface area contributed by atoms with Gasteiger partial charge in [0, 0.05) is 30.2 Å². The number of rotatable bonds is 5. The zero-order valence-corrected chi connectivity index (χ0v) is 19.1. The van der Waals surface area contributed by atoms with Crippen molar-refractivity contribution in [2.24, 2.45) is 4.99 Å². The number of aromatic nitrogens is 3. The van der Waals surface area contributed by atoms with Crippen molar-refractivity contribution < 1.29 is 12.6 Å². The lowest BCUT2D eigenvalue weighted by Crippen LogP contribution is -2.26. The molecule has 0 aliphatic carbocycles. The van der Waals surface area contributed by atoms with E-state index in [1.807, 2.05) is 48.7 Å². The number of hydrogen-bond donors (Lipinski definition) is 0. The molecule has 0 unspecified atom stereocenters. The standard InChI is InChI=1S/C21H22ClN5O3S/c1-13-5-10-19-17(11-13)20(15-6-8-16(22)9-7-15)23-18(12-30-31(28,29)26(3)4)21-25-24-14(2)27(19)21/h5-11,18H,12H2,1-4H3/t18-/m0/s1. The molecule has 0 saturated carbocycles. The predicted molar refractivity (Wildman–Crippen MR) is 119 cm³/mol. The fourth-order valence-corrected chi connectivity index (χ4v) is 4.05. The molecule has 0 fully saturated rings. The Labute approximate surface area is 186 Å². The van der Waals surface area contributed by atoms with Gasteiger partial charge in [0.05, 0.1) is 18.0 Å². The van der Waals surface area contributed by atoms with Crippen LogP contribution in [0.15, 0.2) is 47.5 Å². The highest BCUT2D eigenvalue weighted by atomic mass is 35.5. The van der Waals surface area contributed by atoms with Crippen molar-refractivity contribution >= 4 is 27.6 Å². The van der Waals surface area contributed by atoms with Crippen LogP contribution < -0.4 is 0 Å². The van der Waals surface area contributed by atoms with E-state index in [4.69, 9.17) is 20.8 Å². The molecule has 2 aromatic carbocycles. The normalized spacial score (nSPS) is 15.9. The van der Waals surface area contributed by atoms with E-state index in [9.17, 15) is 8.42 Å². The summed E-state index contributed by atoms with van der Waals surface area (Å²) >= 11 is 6.09. The minimum absolute atomic E-state index is 0.206. The molecule has 1 aromatic heterocycles. The van der Waals surface area contributed by atoms with Crippen LogP contribution in [0.2, 0.25) is 5.02 Å². The van der Waals surface area contributed by atoms with Gasteiger partial charge in [0.25, 0.3) is 0 Å². The van der Waals surface area contributed by atoms with Gasteiger partial charge in [-0.1, -0.05) is 35.4 Å². The summed E-state index contributed by atoms with van der Waals surface area (Å²) in [6.45, 7) is 3.65. The zero-order chi connectivity index (χ0) is 22.3. The molecule has 0 amide bonds. The molecule has 4 rings (SSSR count). The summed E-state index contributed by atoms with van der Waals surface area (Å²) in [6, 6.07) is 12.7. The third-order valence-electron chi connectivity index (χ3n) is 5.02. The number of halogens is 1. The molecule has 1 aliphatic heterocycles. The van der Waals surface area contributed by atoms with E-state index in [1.165, 1.54) is 14.1 Å². The number of benzene rings is 2. The first-order chi connectivity index (χ1) is 14.7. The predicted octanol–water partition coefficient (Wildman–Crippen LogP) is 3.25. The Bertz CT molecular complexity index is 1270. The van der Waals surface area contributed by atoms with E-state index in [1.54, 1.807) is 12.1 Å². The van der Waals surface area contributed by atoms with Crippen molar-refractivity contribution in [3.63, 3.8) is 0 Å². The van der Waals surface area contributed by atoms with Crippen molar-refractivity contribution in [2.45, 2.75) is 19.9 Å². The molecule has 1 aliphatic rings. The summed E-state index contributed by atoms with van der Waals surface area (Å²) in [7, 11) is -1.05. The third kappa shape index (κ3) is 4.14. The molecule has 0 N–H and O–H groups in total. The Balaban J connectivity index is 1.91.